The molecule has 0 radical (unpaired) electrons. The van der Waals surface area contributed by atoms with Crippen LogP contribution in [0.1, 0.15) is 27.7 Å². The van der Waals surface area contributed by atoms with Crippen LogP contribution in [0.5, 0.6) is 0 Å². The lowest BCUT2D eigenvalue weighted by atomic mass is 10.1. The van der Waals surface area contributed by atoms with E-state index in [1.807, 2.05) is 13.8 Å². The monoisotopic (exact) mass is 233 g/mol. The molecule has 3 unspecified atom stereocenters. The Kier molecular flexibility index (Phi) is 7.29. The van der Waals surface area contributed by atoms with Crippen LogP contribution in [-0.4, -0.2) is 42.5 Å². The molecular formula is C11H23NO4. The second kappa shape index (κ2) is 7.60. The van der Waals surface area contributed by atoms with Crippen molar-refractivity contribution in [1.29, 1.82) is 0 Å². The summed E-state index contributed by atoms with van der Waals surface area (Å²) in [5.41, 5.74) is 5.64. The van der Waals surface area contributed by atoms with Crippen molar-refractivity contribution in [2.45, 2.75) is 45.9 Å². The largest absolute Gasteiger partial charge is 0.459 e. The highest BCUT2D eigenvalue weighted by atomic mass is 16.6. The van der Waals surface area contributed by atoms with E-state index in [2.05, 4.69) is 0 Å². The molecule has 0 aromatic heterocycles. The van der Waals surface area contributed by atoms with Crippen molar-refractivity contribution in [3.05, 3.63) is 0 Å². The first-order valence-electron chi connectivity index (χ1n) is 5.57. The van der Waals surface area contributed by atoms with Crippen LogP contribution in [0.3, 0.4) is 0 Å². The molecule has 5 nitrogen and oxygen atoms in total. The van der Waals surface area contributed by atoms with E-state index in [0.29, 0.717) is 0 Å². The molecule has 0 amide bonds. The van der Waals surface area contributed by atoms with Crippen molar-refractivity contribution in [1.82, 2.24) is 0 Å². The molecule has 0 heterocycles. The average molecular weight is 233 g/mol. The quantitative estimate of drug-likeness (QED) is 0.618. The zero-order valence-electron chi connectivity index (χ0n) is 10.5. The van der Waals surface area contributed by atoms with Gasteiger partial charge >= 0.3 is 5.97 Å². The third kappa shape index (κ3) is 6.05. The van der Waals surface area contributed by atoms with Gasteiger partial charge in [-0.05, 0) is 19.8 Å². The Hall–Kier alpha value is -0.650. The molecule has 0 fully saturated rings. The maximum absolute atomic E-state index is 11.5. The van der Waals surface area contributed by atoms with Crippen LogP contribution in [0.2, 0.25) is 0 Å². The molecule has 16 heavy (non-hydrogen) atoms. The first-order chi connectivity index (χ1) is 7.38. The van der Waals surface area contributed by atoms with E-state index >= 15 is 0 Å². The minimum atomic E-state index is -0.599. The van der Waals surface area contributed by atoms with Gasteiger partial charge in [0.15, 0.2) is 0 Å². The van der Waals surface area contributed by atoms with Crippen molar-refractivity contribution in [3.8, 4) is 0 Å². The maximum Gasteiger partial charge on any atom is 0.323 e. The van der Waals surface area contributed by atoms with Crippen molar-refractivity contribution in [2.24, 2.45) is 11.7 Å². The van der Waals surface area contributed by atoms with E-state index in [0.717, 1.165) is 0 Å². The number of aliphatic hydroxyl groups excluding tert-OH is 1. The summed E-state index contributed by atoms with van der Waals surface area (Å²) in [6.07, 6.45) is -0.605. The van der Waals surface area contributed by atoms with E-state index in [1.54, 1.807) is 13.8 Å². The molecule has 0 aromatic carbocycles. The smallest absolute Gasteiger partial charge is 0.323 e. The summed E-state index contributed by atoms with van der Waals surface area (Å²) in [7, 11) is 0. The average Bonchev–Trinajstić information content (AvgIpc) is 2.24. The molecule has 3 atom stereocenters. The van der Waals surface area contributed by atoms with Crippen molar-refractivity contribution < 1.29 is 19.4 Å². The molecule has 0 spiro atoms. The van der Waals surface area contributed by atoms with Gasteiger partial charge in [0, 0.05) is 0 Å². The Morgan fingerprint density at radius 2 is 1.81 bits per heavy atom. The molecule has 0 saturated carbocycles. The van der Waals surface area contributed by atoms with Gasteiger partial charge in [-0.15, -0.1) is 0 Å². The zero-order valence-corrected chi connectivity index (χ0v) is 10.5. The summed E-state index contributed by atoms with van der Waals surface area (Å²) in [5.74, 6) is -0.361. The molecule has 0 rings (SSSR count). The van der Waals surface area contributed by atoms with Gasteiger partial charge in [0.05, 0.1) is 19.3 Å². The van der Waals surface area contributed by atoms with Crippen LogP contribution < -0.4 is 5.73 Å². The van der Waals surface area contributed by atoms with E-state index in [1.165, 1.54) is 0 Å². The van der Waals surface area contributed by atoms with Crippen molar-refractivity contribution in [2.75, 3.05) is 13.2 Å². The van der Waals surface area contributed by atoms with Crippen LogP contribution >= 0.6 is 0 Å². The van der Waals surface area contributed by atoms with Crippen LogP contribution in [0, 0.1) is 5.92 Å². The highest BCUT2D eigenvalue weighted by Crippen LogP contribution is 2.04. The van der Waals surface area contributed by atoms with E-state index in [-0.39, 0.29) is 31.3 Å². The lowest BCUT2D eigenvalue weighted by Gasteiger charge is -2.20. The molecular weight excluding hydrogens is 210 g/mol. The predicted octanol–water partition coefficient (Wildman–Crippen LogP) is 0.299. The highest BCUT2D eigenvalue weighted by Gasteiger charge is 2.21. The van der Waals surface area contributed by atoms with Gasteiger partial charge in [0.2, 0.25) is 0 Å². The number of hydrogen-bond donors (Lipinski definition) is 2. The van der Waals surface area contributed by atoms with Gasteiger partial charge in [-0.2, -0.15) is 0 Å². The number of carbonyl (C=O) groups excluding carboxylic acids is 1. The predicted molar refractivity (Wildman–Crippen MR) is 60.9 cm³/mol. The van der Waals surface area contributed by atoms with Crippen LogP contribution in [0.15, 0.2) is 0 Å². The van der Waals surface area contributed by atoms with Gasteiger partial charge in [-0.1, -0.05) is 13.8 Å². The van der Waals surface area contributed by atoms with Crippen molar-refractivity contribution >= 4 is 5.97 Å². The third-order valence-electron chi connectivity index (χ3n) is 2.18. The summed E-state index contributed by atoms with van der Waals surface area (Å²) in [6, 6.07) is -0.599. The summed E-state index contributed by atoms with van der Waals surface area (Å²) >= 11 is 0. The van der Waals surface area contributed by atoms with Crippen LogP contribution in [0.25, 0.3) is 0 Å². The number of carbonyl (C=O) groups is 1. The number of esters is 1. The molecule has 96 valence electrons. The SMILES string of the molecule is CC(CO)OCC(C)OC(=O)C(N)C(C)C. The lowest BCUT2D eigenvalue weighted by Crippen LogP contribution is -2.39. The molecule has 0 aliphatic rings. The first kappa shape index (κ1) is 15.3. The standard InChI is InChI=1S/C11H23NO4/c1-7(2)10(12)11(14)16-9(4)6-15-8(3)5-13/h7-10,13H,5-6,12H2,1-4H3. The van der Waals surface area contributed by atoms with Gasteiger partial charge in [-0.25, -0.2) is 0 Å². The van der Waals surface area contributed by atoms with Crippen molar-refractivity contribution in [3.63, 3.8) is 0 Å². The third-order valence-corrected chi connectivity index (χ3v) is 2.18. The molecule has 5 heteroatoms. The fourth-order valence-electron chi connectivity index (χ4n) is 0.936. The molecule has 0 saturated heterocycles. The Morgan fingerprint density at radius 3 is 2.25 bits per heavy atom. The number of hydrogen-bond acceptors (Lipinski definition) is 5. The van der Waals surface area contributed by atoms with Crippen LogP contribution in [-0.2, 0) is 14.3 Å². The number of aliphatic hydroxyl groups is 1. The van der Waals surface area contributed by atoms with E-state index in [4.69, 9.17) is 20.3 Å². The molecule has 3 N–H and O–H groups in total. The Balaban J connectivity index is 3.87. The van der Waals surface area contributed by atoms with Gasteiger partial charge in [0.25, 0.3) is 0 Å². The fourth-order valence-corrected chi connectivity index (χ4v) is 0.936. The molecule has 0 aliphatic heterocycles. The van der Waals surface area contributed by atoms with Crippen LogP contribution in [0.4, 0.5) is 0 Å². The lowest BCUT2D eigenvalue weighted by molar-refractivity contribution is -0.155. The minimum absolute atomic E-state index is 0.0494. The van der Waals surface area contributed by atoms with Gasteiger partial charge < -0.3 is 20.3 Å². The summed E-state index contributed by atoms with van der Waals surface area (Å²) < 4.78 is 10.3. The molecule has 0 aromatic rings. The normalized spacial score (nSPS) is 16.9. The molecule has 0 aliphatic carbocycles. The minimum Gasteiger partial charge on any atom is -0.459 e. The second-order valence-electron chi connectivity index (χ2n) is 4.34. The maximum atomic E-state index is 11.5. The first-order valence-corrected chi connectivity index (χ1v) is 5.57. The summed E-state index contributed by atoms with van der Waals surface area (Å²) in [5, 5.41) is 8.74. The van der Waals surface area contributed by atoms with E-state index in [9.17, 15) is 4.79 Å². The second-order valence-corrected chi connectivity index (χ2v) is 4.34. The highest BCUT2D eigenvalue weighted by molar-refractivity contribution is 5.75. The van der Waals surface area contributed by atoms with Gasteiger partial charge in [-0.3, -0.25) is 4.79 Å². The Labute approximate surface area is 96.9 Å². The molecule has 0 bridgehead atoms. The van der Waals surface area contributed by atoms with E-state index < -0.39 is 12.0 Å². The number of rotatable bonds is 7. The van der Waals surface area contributed by atoms with Gasteiger partial charge in [0.1, 0.15) is 12.1 Å². The summed E-state index contributed by atoms with van der Waals surface area (Å²) in [6.45, 7) is 7.41. The zero-order chi connectivity index (χ0) is 12.7. The Bertz CT molecular complexity index is 208. The number of nitrogens with two attached hydrogens (primary N) is 1. The topological polar surface area (TPSA) is 81.8 Å². The summed E-state index contributed by atoms with van der Waals surface area (Å²) in [4.78, 5) is 11.5. The number of ether oxygens (including phenoxy) is 2. The Morgan fingerprint density at radius 1 is 1.25 bits per heavy atom. The fraction of sp³-hybridized carbons (Fsp3) is 0.909.